The SMILES string of the molecule is C[C@@H](N[S@](=O)C(C)(C)C)c1cccc(OS(=O)(=O)C(F)(F)F)c1[Si](C)(C)C. The lowest BCUT2D eigenvalue weighted by Crippen LogP contribution is -2.45. The van der Waals surface area contributed by atoms with E-state index in [1.54, 1.807) is 33.8 Å². The van der Waals surface area contributed by atoms with E-state index in [1.165, 1.54) is 12.1 Å². The van der Waals surface area contributed by atoms with Crippen LogP contribution in [0.4, 0.5) is 13.2 Å². The van der Waals surface area contributed by atoms with Gasteiger partial charge in [0.2, 0.25) is 0 Å². The lowest BCUT2D eigenvalue weighted by atomic mass is 10.1. The maximum atomic E-state index is 12.8. The van der Waals surface area contributed by atoms with Gasteiger partial charge >= 0.3 is 15.6 Å². The Kier molecular flexibility index (Phi) is 7.01. The summed E-state index contributed by atoms with van der Waals surface area (Å²) in [6, 6.07) is 3.84. The number of benzene rings is 1. The van der Waals surface area contributed by atoms with Crippen LogP contribution in [-0.4, -0.2) is 31.0 Å². The summed E-state index contributed by atoms with van der Waals surface area (Å²) in [5, 5.41) is 0.434. The van der Waals surface area contributed by atoms with E-state index in [-0.39, 0.29) is 5.75 Å². The van der Waals surface area contributed by atoms with Crippen LogP contribution >= 0.6 is 0 Å². The predicted molar refractivity (Wildman–Crippen MR) is 104 cm³/mol. The van der Waals surface area contributed by atoms with Crippen LogP contribution in [-0.2, 0) is 21.1 Å². The van der Waals surface area contributed by atoms with Crippen LogP contribution < -0.4 is 14.1 Å². The molecule has 1 N–H and O–H groups in total. The molecule has 0 saturated heterocycles. The van der Waals surface area contributed by atoms with E-state index in [4.69, 9.17) is 0 Å². The summed E-state index contributed by atoms with van der Waals surface area (Å²) in [5.74, 6) is -0.334. The van der Waals surface area contributed by atoms with E-state index in [0.717, 1.165) is 0 Å². The van der Waals surface area contributed by atoms with Crippen molar-refractivity contribution in [3.8, 4) is 5.75 Å². The first-order valence-electron chi connectivity index (χ1n) is 8.20. The highest BCUT2D eigenvalue weighted by molar-refractivity contribution is 7.88. The standard InChI is InChI=1S/C16H26F3NO4S2Si/c1-11(20-25(21)15(2,3)4)12-9-8-10-13(14(12)27(5,6)7)24-26(22,23)16(17,18)19/h8-11,20H,1-7H3/t11-,25-/m1/s1. The van der Waals surface area contributed by atoms with Gasteiger partial charge in [0, 0.05) is 6.04 Å². The molecule has 1 rings (SSSR count). The third-order valence-electron chi connectivity index (χ3n) is 3.60. The fraction of sp³-hybridized carbons (Fsp3) is 0.625. The smallest absolute Gasteiger partial charge is 0.376 e. The summed E-state index contributed by atoms with van der Waals surface area (Å²) >= 11 is 0. The number of nitrogens with one attached hydrogen (secondary N) is 1. The minimum absolute atomic E-state index is 0.334. The first-order chi connectivity index (χ1) is 11.9. The first kappa shape index (κ1) is 24.1. The van der Waals surface area contributed by atoms with E-state index in [0.29, 0.717) is 10.8 Å². The number of rotatable bonds is 6. The van der Waals surface area contributed by atoms with Crippen LogP contribution in [0.25, 0.3) is 0 Å². The van der Waals surface area contributed by atoms with Gasteiger partial charge in [-0.15, -0.1) is 0 Å². The average molecular weight is 446 g/mol. The lowest BCUT2D eigenvalue weighted by Gasteiger charge is -2.29. The van der Waals surface area contributed by atoms with Crippen molar-refractivity contribution in [2.75, 3.05) is 0 Å². The molecule has 11 heteroatoms. The van der Waals surface area contributed by atoms with Crippen molar-refractivity contribution in [3.63, 3.8) is 0 Å². The quantitative estimate of drug-likeness (QED) is 0.413. The monoisotopic (exact) mass is 445 g/mol. The molecule has 0 aliphatic heterocycles. The maximum Gasteiger partial charge on any atom is 0.534 e. The Morgan fingerprint density at radius 3 is 2.07 bits per heavy atom. The second-order valence-electron chi connectivity index (χ2n) is 8.17. The Morgan fingerprint density at radius 1 is 1.15 bits per heavy atom. The van der Waals surface area contributed by atoms with E-state index in [1.807, 2.05) is 19.6 Å². The Bertz CT molecular complexity index is 812. The zero-order valence-corrected chi connectivity index (χ0v) is 19.0. The molecular formula is C16H26F3NO4S2Si. The molecule has 0 aliphatic rings. The van der Waals surface area contributed by atoms with E-state index in [9.17, 15) is 25.8 Å². The normalized spacial score (nSPS) is 16.1. The summed E-state index contributed by atoms with van der Waals surface area (Å²) in [6.45, 7) is 12.7. The van der Waals surface area contributed by atoms with Crippen molar-refractivity contribution >= 4 is 34.4 Å². The van der Waals surface area contributed by atoms with Crippen LogP contribution in [0.5, 0.6) is 5.75 Å². The van der Waals surface area contributed by atoms with E-state index < -0.39 is 45.5 Å². The third kappa shape index (κ3) is 6.03. The number of halogens is 3. The molecule has 0 aromatic heterocycles. The molecule has 2 atom stereocenters. The summed E-state index contributed by atoms with van der Waals surface area (Å²) in [5.41, 5.74) is -4.95. The fourth-order valence-electron chi connectivity index (χ4n) is 2.35. The number of alkyl halides is 3. The Labute approximate surface area is 162 Å². The number of hydrogen-bond acceptors (Lipinski definition) is 4. The highest BCUT2D eigenvalue weighted by atomic mass is 32.2. The molecule has 0 aliphatic carbocycles. The molecule has 27 heavy (non-hydrogen) atoms. The van der Waals surface area contributed by atoms with Gasteiger partial charge in [-0.1, -0.05) is 31.8 Å². The van der Waals surface area contributed by atoms with Gasteiger partial charge in [0.1, 0.15) is 5.75 Å². The van der Waals surface area contributed by atoms with Crippen molar-refractivity contribution in [2.24, 2.45) is 0 Å². The zero-order valence-electron chi connectivity index (χ0n) is 16.4. The van der Waals surface area contributed by atoms with Gasteiger partial charge in [-0.05, 0) is 44.5 Å². The van der Waals surface area contributed by atoms with Gasteiger partial charge in [-0.25, -0.2) is 8.93 Å². The molecule has 0 fully saturated rings. The predicted octanol–water partition coefficient (Wildman–Crippen LogP) is 3.57. The molecule has 1 aromatic carbocycles. The average Bonchev–Trinajstić information content (AvgIpc) is 2.42. The summed E-state index contributed by atoms with van der Waals surface area (Å²) in [6.07, 6.45) is 0. The molecule has 156 valence electrons. The second kappa shape index (κ2) is 7.84. The van der Waals surface area contributed by atoms with Gasteiger partial charge in [0.05, 0.1) is 23.8 Å². The van der Waals surface area contributed by atoms with Crippen LogP contribution in [0, 0.1) is 0 Å². The number of hydrogen-bond donors (Lipinski definition) is 1. The lowest BCUT2D eigenvalue weighted by molar-refractivity contribution is -0.0499. The highest BCUT2D eigenvalue weighted by Crippen LogP contribution is 2.29. The molecule has 1 aromatic rings. The van der Waals surface area contributed by atoms with Crippen LogP contribution in [0.2, 0.25) is 19.6 Å². The Hall–Kier alpha value is -0.913. The van der Waals surface area contributed by atoms with Crippen molar-refractivity contribution < 1.29 is 30.0 Å². The molecule has 0 amide bonds. The molecular weight excluding hydrogens is 419 g/mol. The van der Waals surface area contributed by atoms with Gasteiger partial charge in [-0.2, -0.15) is 21.6 Å². The second-order valence-corrected chi connectivity index (χ2v) is 16.7. The largest absolute Gasteiger partial charge is 0.534 e. The van der Waals surface area contributed by atoms with Crippen molar-refractivity contribution in [1.29, 1.82) is 0 Å². The molecule has 0 bridgehead atoms. The van der Waals surface area contributed by atoms with Crippen LogP contribution in [0.3, 0.4) is 0 Å². The minimum Gasteiger partial charge on any atom is -0.376 e. The first-order valence-corrected chi connectivity index (χ1v) is 14.3. The van der Waals surface area contributed by atoms with Gasteiger partial charge in [0.25, 0.3) is 0 Å². The summed E-state index contributed by atoms with van der Waals surface area (Å²) in [4.78, 5) is 0. The topological polar surface area (TPSA) is 72.5 Å². The zero-order chi connectivity index (χ0) is 21.4. The van der Waals surface area contributed by atoms with Crippen molar-refractivity contribution in [1.82, 2.24) is 4.72 Å². The maximum absolute atomic E-state index is 12.8. The molecule has 5 nitrogen and oxygen atoms in total. The third-order valence-corrected chi connectivity index (χ3v) is 8.28. The fourth-order valence-corrected chi connectivity index (χ4v) is 5.73. The van der Waals surface area contributed by atoms with Crippen LogP contribution in [0.1, 0.15) is 39.3 Å². The molecule has 0 spiro atoms. The Balaban J connectivity index is 3.46. The highest BCUT2D eigenvalue weighted by Gasteiger charge is 2.49. The molecule has 0 heterocycles. The van der Waals surface area contributed by atoms with Gasteiger partial charge in [-0.3, -0.25) is 0 Å². The summed E-state index contributed by atoms with van der Waals surface area (Å²) < 4.78 is 80.5. The van der Waals surface area contributed by atoms with Crippen molar-refractivity contribution in [3.05, 3.63) is 23.8 Å². The molecule has 0 unspecified atom stereocenters. The molecule has 0 radical (unpaired) electrons. The van der Waals surface area contributed by atoms with E-state index >= 15 is 0 Å². The van der Waals surface area contributed by atoms with Gasteiger partial charge in [0.15, 0.2) is 0 Å². The summed E-state index contributed by atoms with van der Waals surface area (Å²) in [7, 11) is -9.53. The minimum atomic E-state index is -5.78. The molecule has 0 saturated carbocycles. The van der Waals surface area contributed by atoms with E-state index in [2.05, 4.69) is 8.91 Å². The van der Waals surface area contributed by atoms with Gasteiger partial charge < -0.3 is 4.18 Å². The van der Waals surface area contributed by atoms with Crippen LogP contribution in [0.15, 0.2) is 18.2 Å². The Morgan fingerprint density at radius 2 is 1.67 bits per heavy atom. The van der Waals surface area contributed by atoms with Crippen molar-refractivity contribution in [2.45, 2.75) is 63.6 Å².